The fraction of sp³-hybridized carbons (Fsp3) is 0.600. The van der Waals surface area contributed by atoms with Gasteiger partial charge in [0.2, 0.25) is 0 Å². The Labute approximate surface area is 108 Å². The van der Waals surface area contributed by atoms with Crippen LogP contribution in [0.15, 0.2) is 18.2 Å². The second kappa shape index (κ2) is 5.29. The summed E-state index contributed by atoms with van der Waals surface area (Å²) in [5.41, 5.74) is 2.65. The van der Waals surface area contributed by atoms with Crippen LogP contribution in [0.5, 0.6) is 5.75 Å². The van der Waals surface area contributed by atoms with Crippen molar-refractivity contribution in [3.63, 3.8) is 0 Å². The quantitative estimate of drug-likeness (QED) is 0.853. The minimum atomic E-state index is 0.315. The molecule has 0 spiro atoms. The summed E-state index contributed by atoms with van der Waals surface area (Å²) in [6, 6.07) is 6.95. The Morgan fingerprint density at radius 3 is 3.17 bits per heavy atom. The molecule has 3 heteroatoms. The average molecular weight is 247 g/mol. The molecule has 0 aromatic heterocycles. The molecule has 1 fully saturated rings. The topological polar surface area (TPSA) is 41.5 Å². The number of aliphatic hydroxyl groups excluding tert-OH is 1. The van der Waals surface area contributed by atoms with Crippen molar-refractivity contribution in [2.75, 3.05) is 13.2 Å². The van der Waals surface area contributed by atoms with Crippen LogP contribution in [-0.4, -0.2) is 24.4 Å². The minimum absolute atomic E-state index is 0.315. The third kappa shape index (κ3) is 2.38. The van der Waals surface area contributed by atoms with Crippen molar-refractivity contribution in [1.82, 2.24) is 5.32 Å². The Kier molecular flexibility index (Phi) is 3.52. The molecule has 1 heterocycles. The lowest BCUT2D eigenvalue weighted by Crippen LogP contribution is -2.33. The number of nitrogens with one attached hydrogen (secondary N) is 1. The van der Waals surface area contributed by atoms with E-state index in [1.54, 1.807) is 0 Å². The van der Waals surface area contributed by atoms with Gasteiger partial charge in [-0.15, -0.1) is 0 Å². The van der Waals surface area contributed by atoms with Gasteiger partial charge in [-0.2, -0.15) is 0 Å². The second-order valence-electron chi connectivity index (χ2n) is 5.40. The van der Waals surface area contributed by atoms with Crippen LogP contribution in [0.4, 0.5) is 0 Å². The van der Waals surface area contributed by atoms with Gasteiger partial charge in [-0.05, 0) is 36.0 Å². The maximum absolute atomic E-state index is 9.30. The smallest absolute Gasteiger partial charge is 0.122 e. The fourth-order valence-electron chi connectivity index (χ4n) is 3.12. The summed E-state index contributed by atoms with van der Waals surface area (Å²) in [7, 11) is 0. The molecule has 2 unspecified atom stereocenters. The van der Waals surface area contributed by atoms with Crippen molar-refractivity contribution in [2.24, 2.45) is 5.92 Å². The number of aliphatic hydroxyl groups is 1. The van der Waals surface area contributed by atoms with Gasteiger partial charge in [0.25, 0.3) is 0 Å². The average Bonchev–Trinajstić information content (AvgIpc) is 3.04. The van der Waals surface area contributed by atoms with E-state index in [4.69, 9.17) is 4.74 Å². The van der Waals surface area contributed by atoms with Gasteiger partial charge >= 0.3 is 0 Å². The van der Waals surface area contributed by atoms with Gasteiger partial charge < -0.3 is 15.2 Å². The normalized spacial score (nSPS) is 26.1. The van der Waals surface area contributed by atoms with E-state index in [1.807, 2.05) is 0 Å². The third-order valence-electron chi connectivity index (χ3n) is 4.22. The molecule has 1 saturated carbocycles. The minimum Gasteiger partial charge on any atom is -0.493 e. The Balaban J connectivity index is 1.60. The molecule has 1 aromatic rings. The van der Waals surface area contributed by atoms with Crippen LogP contribution in [0.1, 0.15) is 30.4 Å². The van der Waals surface area contributed by atoms with Crippen molar-refractivity contribution < 1.29 is 9.84 Å². The summed E-state index contributed by atoms with van der Waals surface area (Å²) < 4.78 is 5.51. The van der Waals surface area contributed by atoms with Crippen LogP contribution >= 0.6 is 0 Å². The molecule has 1 aliphatic carbocycles. The number of hydrogen-bond acceptors (Lipinski definition) is 3. The summed E-state index contributed by atoms with van der Waals surface area (Å²) in [6.07, 6.45) is 4.62. The lowest BCUT2D eigenvalue weighted by molar-refractivity contribution is 0.205. The molecule has 2 aliphatic rings. The predicted octanol–water partition coefficient (Wildman–Crippen LogP) is 1.87. The first-order chi connectivity index (χ1) is 8.86. The Morgan fingerprint density at radius 1 is 1.33 bits per heavy atom. The van der Waals surface area contributed by atoms with E-state index in [1.165, 1.54) is 24.0 Å². The van der Waals surface area contributed by atoms with Crippen LogP contribution in [0.3, 0.4) is 0 Å². The van der Waals surface area contributed by atoms with Gasteiger partial charge in [-0.1, -0.05) is 18.6 Å². The van der Waals surface area contributed by atoms with Gasteiger partial charge in [0, 0.05) is 25.6 Å². The molecule has 2 atom stereocenters. The zero-order valence-electron chi connectivity index (χ0n) is 10.7. The second-order valence-corrected chi connectivity index (χ2v) is 5.40. The highest BCUT2D eigenvalue weighted by Crippen LogP contribution is 2.27. The number of hydrogen-bond donors (Lipinski definition) is 2. The molecule has 18 heavy (non-hydrogen) atoms. The fourth-order valence-corrected chi connectivity index (χ4v) is 3.12. The first-order valence-electron chi connectivity index (χ1n) is 6.95. The number of ether oxygens (including phenoxy) is 1. The molecule has 2 N–H and O–H groups in total. The number of fused-ring (bicyclic) bond motifs is 1. The van der Waals surface area contributed by atoms with Crippen molar-refractivity contribution in [3.8, 4) is 5.75 Å². The molecule has 3 rings (SSSR count). The largest absolute Gasteiger partial charge is 0.493 e. The van der Waals surface area contributed by atoms with E-state index < -0.39 is 0 Å². The lowest BCUT2D eigenvalue weighted by Gasteiger charge is -2.19. The molecule has 1 aromatic carbocycles. The van der Waals surface area contributed by atoms with Crippen LogP contribution in [-0.2, 0) is 13.0 Å². The van der Waals surface area contributed by atoms with Gasteiger partial charge in [-0.3, -0.25) is 0 Å². The maximum atomic E-state index is 9.30. The van der Waals surface area contributed by atoms with E-state index in [0.717, 1.165) is 31.7 Å². The predicted molar refractivity (Wildman–Crippen MR) is 70.7 cm³/mol. The Bertz CT molecular complexity index is 419. The van der Waals surface area contributed by atoms with E-state index in [0.29, 0.717) is 18.6 Å². The van der Waals surface area contributed by atoms with Crippen LogP contribution in [0.25, 0.3) is 0 Å². The van der Waals surface area contributed by atoms with Crippen molar-refractivity contribution in [3.05, 3.63) is 29.3 Å². The summed E-state index contributed by atoms with van der Waals surface area (Å²) in [5, 5.41) is 12.9. The molecule has 0 saturated heterocycles. The first-order valence-corrected chi connectivity index (χ1v) is 6.95. The van der Waals surface area contributed by atoms with E-state index in [2.05, 4.69) is 23.5 Å². The van der Waals surface area contributed by atoms with Crippen LogP contribution in [0.2, 0.25) is 0 Å². The Morgan fingerprint density at radius 2 is 2.28 bits per heavy atom. The van der Waals surface area contributed by atoms with Gasteiger partial charge in [0.15, 0.2) is 0 Å². The lowest BCUT2D eigenvalue weighted by atomic mass is 10.0. The van der Waals surface area contributed by atoms with Gasteiger partial charge in [0.05, 0.1) is 6.61 Å². The van der Waals surface area contributed by atoms with Gasteiger partial charge in [0.1, 0.15) is 5.75 Å². The zero-order valence-corrected chi connectivity index (χ0v) is 10.7. The van der Waals surface area contributed by atoms with Crippen molar-refractivity contribution in [2.45, 2.75) is 38.3 Å². The maximum Gasteiger partial charge on any atom is 0.122 e. The molecular formula is C15H21NO2. The van der Waals surface area contributed by atoms with E-state index in [9.17, 15) is 5.11 Å². The van der Waals surface area contributed by atoms with E-state index in [-0.39, 0.29) is 0 Å². The highest BCUT2D eigenvalue weighted by Gasteiger charge is 2.25. The van der Waals surface area contributed by atoms with Gasteiger partial charge in [-0.25, -0.2) is 0 Å². The summed E-state index contributed by atoms with van der Waals surface area (Å²) in [5.74, 6) is 1.50. The monoisotopic (exact) mass is 247 g/mol. The number of rotatable bonds is 4. The highest BCUT2D eigenvalue weighted by molar-refractivity contribution is 5.39. The molecule has 1 aliphatic heterocycles. The van der Waals surface area contributed by atoms with E-state index >= 15 is 0 Å². The van der Waals surface area contributed by atoms with Crippen molar-refractivity contribution in [1.29, 1.82) is 0 Å². The summed E-state index contributed by atoms with van der Waals surface area (Å²) in [4.78, 5) is 0. The summed E-state index contributed by atoms with van der Waals surface area (Å²) in [6.45, 7) is 2.03. The van der Waals surface area contributed by atoms with Crippen molar-refractivity contribution >= 4 is 0 Å². The third-order valence-corrected chi connectivity index (χ3v) is 4.22. The molecule has 0 radical (unpaired) electrons. The zero-order chi connectivity index (χ0) is 12.4. The summed E-state index contributed by atoms with van der Waals surface area (Å²) >= 11 is 0. The molecular weight excluding hydrogens is 226 g/mol. The molecule has 98 valence electrons. The standard InChI is InChI=1S/C15H21NO2/c17-10-13-2-1-3-14(13)16-9-11-4-5-15-12(8-11)6-7-18-15/h4-5,8,13-14,16-17H,1-3,6-7,9-10H2. The molecule has 3 nitrogen and oxygen atoms in total. The van der Waals surface area contributed by atoms with Crippen LogP contribution in [0, 0.1) is 5.92 Å². The number of benzene rings is 1. The SMILES string of the molecule is OCC1CCCC1NCc1ccc2c(c1)CCO2. The first kappa shape index (κ1) is 12.0. The molecule has 0 amide bonds. The van der Waals surface area contributed by atoms with Crippen LogP contribution < -0.4 is 10.1 Å². The molecule has 0 bridgehead atoms. The highest BCUT2D eigenvalue weighted by atomic mass is 16.5. The Hall–Kier alpha value is -1.06.